The molecule has 0 aliphatic carbocycles. The second-order valence-corrected chi connectivity index (χ2v) is 3.12. The first kappa shape index (κ1) is 15.2. The van der Waals surface area contributed by atoms with E-state index in [1.807, 2.05) is 13.8 Å². The van der Waals surface area contributed by atoms with Crippen LogP contribution in [0.5, 0.6) is 0 Å². The van der Waals surface area contributed by atoms with Gasteiger partial charge in [-0.05, 0) is 18.1 Å². The lowest BCUT2D eigenvalue weighted by Gasteiger charge is -1.90. The van der Waals surface area contributed by atoms with Crippen molar-refractivity contribution in [1.29, 1.82) is 0 Å². The number of hydrogen-bond donors (Lipinski definition) is 2. The molecule has 0 radical (unpaired) electrons. The fourth-order valence-corrected chi connectivity index (χ4v) is 1.42. The van der Waals surface area contributed by atoms with E-state index in [-0.39, 0.29) is 0 Å². The van der Waals surface area contributed by atoms with Gasteiger partial charge in [-0.3, -0.25) is 4.79 Å². The standard InChI is InChI=1S/C10H11N.C2H5NO.C2H6/c1-2-8-7-11-10-6-4-3-5-9(8)10;1-3-2-4;1-2/h3-7,11H,2H2,1H3;2H,1H3,(H,3,4);1-2H3. The van der Waals surface area contributed by atoms with Crippen molar-refractivity contribution in [3.8, 4) is 0 Å². The number of nitrogens with one attached hydrogen (secondary N) is 2. The molecule has 0 saturated heterocycles. The summed E-state index contributed by atoms with van der Waals surface area (Å²) < 4.78 is 0. The van der Waals surface area contributed by atoms with Crippen molar-refractivity contribution >= 4 is 17.3 Å². The maximum atomic E-state index is 9.06. The lowest BCUT2D eigenvalue weighted by atomic mass is 10.1. The fourth-order valence-electron chi connectivity index (χ4n) is 1.42. The number of amides is 1. The Morgan fingerprint density at radius 2 is 1.88 bits per heavy atom. The first-order valence-electron chi connectivity index (χ1n) is 5.99. The Balaban J connectivity index is 0.000000368. The van der Waals surface area contributed by atoms with Crippen LogP contribution in [-0.2, 0) is 11.2 Å². The number of hydrogen-bond acceptors (Lipinski definition) is 1. The molecule has 1 amide bonds. The van der Waals surface area contributed by atoms with Gasteiger partial charge in [-0.1, -0.05) is 39.0 Å². The summed E-state index contributed by atoms with van der Waals surface area (Å²) in [5.41, 5.74) is 2.64. The zero-order chi connectivity index (χ0) is 13.1. The minimum Gasteiger partial charge on any atom is -0.362 e. The molecule has 0 aliphatic heterocycles. The molecule has 0 saturated carbocycles. The van der Waals surface area contributed by atoms with Gasteiger partial charge in [0.05, 0.1) is 0 Å². The molecule has 0 unspecified atom stereocenters. The van der Waals surface area contributed by atoms with Gasteiger partial charge < -0.3 is 10.3 Å². The van der Waals surface area contributed by atoms with Gasteiger partial charge in [0.25, 0.3) is 0 Å². The molecule has 3 nitrogen and oxygen atoms in total. The Kier molecular flexibility index (Phi) is 8.47. The number of aryl methyl sites for hydroxylation is 1. The number of benzene rings is 1. The Hall–Kier alpha value is -1.77. The smallest absolute Gasteiger partial charge is 0.206 e. The number of rotatable bonds is 2. The summed E-state index contributed by atoms with van der Waals surface area (Å²) in [6.07, 6.45) is 3.81. The van der Waals surface area contributed by atoms with Crippen LogP contribution in [0.1, 0.15) is 26.3 Å². The molecule has 0 aliphatic rings. The first-order chi connectivity index (χ1) is 8.33. The van der Waals surface area contributed by atoms with Gasteiger partial charge in [-0.25, -0.2) is 0 Å². The highest BCUT2D eigenvalue weighted by Gasteiger charge is 1.97. The normalized spacial score (nSPS) is 8.47. The van der Waals surface area contributed by atoms with E-state index in [1.165, 1.54) is 16.5 Å². The van der Waals surface area contributed by atoms with Crippen LogP contribution in [0.3, 0.4) is 0 Å². The molecule has 17 heavy (non-hydrogen) atoms. The van der Waals surface area contributed by atoms with Crippen LogP contribution >= 0.6 is 0 Å². The third-order valence-corrected chi connectivity index (χ3v) is 2.17. The van der Waals surface area contributed by atoms with Crippen LogP contribution in [0.4, 0.5) is 0 Å². The van der Waals surface area contributed by atoms with Crippen LogP contribution in [0.2, 0.25) is 0 Å². The quantitative estimate of drug-likeness (QED) is 0.770. The Bertz CT molecular complexity index is 421. The van der Waals surface area contributed by atoms with Gasteiger partial charge in [0, 0.05) is 24.1 Å². The molecule has 3 heteroatoms. The summed E-state index contributed by atoms with van der Waals surface area (Å²) in [5, 5.41) is 3.61. The van der Waals surface area contributed by atoms with Gasteiger partial charge in [0.2, 0.25) is 6.41 Å². The lowest BCUT2D eigenvalue weighted by Crippen LogP contribution is -1.98. The van der Waals surface area contributed by atoms with Gasteiger partial charge in [0.1, 0.15) is 0 Å². The van der Waals surface area contributed by atoms with Crippen molar-refractivity contribution in [2.75, 3.05) is 7.05 Å². The summed E-state index contributed by atoms with van der Waals surface area (Å²) in [4.78, 5) is 12.3. The van der Waals surface area contributed by atoms with Crippen molar-refractivity contribution in [3.63, 3.8) is 0 Å². The summed E-state index contributed by atoms with van der Waals surface area (Å²) in [6, 6.07) is 8.40. The Morgan fingerprint density at radius 3 is 2.41 bits per heavy atom. The molecule has 2 rings (SSSR count). The summed E-state index contributed by atoms with van der Waals surface area (Å²) in [6.45, 7) is 6.18. The molecule has 1 aromatic carbocycles. The monoisotopic (exact) mass is 234 g/mol. The van der Waals surface area contributed by atoms with Crippen LogP contribution < -0.4 is 5.32 Å². The maximum absolute atomic E-state index is 9.06. The van der Waals surface area contributed by atoms with E-state index in [2.05, 4.69) is 47.7 Å². The molecule has 1 heterocycles. The van der Waals surface area contributed by atoms with Crippen LogP contribution in [0, 0.1) is 0 Å². The third-order valence-electron chi connectivity index (χ3n) is 2.17. The predicted molar refractivity (Wildman–Crippen MR) is 74.1 cm³/mol. The predicted octanol–water partition coefficient (Wildman–Crippen LogP) is 3.12. The molecule has 0 fully saturated rings. The number of fused-ring (bicyclic) bond motifs is 1. The SMILES string of the molecule is CC.CCc1c[nH]c2ccccc12.CNC=O. The molecular weight excluding hydrogens is 212 g/mol. The highest BCUT2D eigenvalue weighted by molar-refractivity contribution is 5.82. The summed E-state index contributed by atoms with van der Waals surface area (Å²) in [5.74, 6) is 0. The van der Waals surface area contributed by atoms with E-state index in [4.69, 9.17) is 4.79 Å². The molecule has 0 atom stereocenters. The average Bonchev–Trinajstić information content (AvgIpc) is 2.84. The number of para-hydroxylation sites is 1. The van der Waals surface area contributed by atoms with E-state index < -0.39 is 0 Å². The van der Waals surface area contributed by atoms with Crippen LogP contribution in [0.25, 0.3) is 10.9 Å². The highest BCUT2D eigenvalue weighted by atomic mass is 16.1. The van der Waals surface area contributed by atoms with Crippen molar-refractivity contribution in [2.45, 2.75) is 27.2 Å². The maximum Gasteiger partial charge on any atom is 0.206 e. The zero-order valence-corrected chi connectivity index (χ0v) is 11.1. The molecular formula is C14H22N2O. The van der Waals surface area contributed by atoms with Gasteiger partial charge >= 0.3 is 0 Å². The zero-order valence-electron chi connectivity index (χ0n) is 11.1. The van der Waals surface area contributed by atoms with Gasteiger partial charge in [-0.2, -0.15) is 0 Å². The van der Waals surface area contributed by atoms with Crippen molar-refractivity contribution < 1.29 is 4.79 Å². The molecule has 2 aromatic rings. The highest BCUT2D eigenvalue weighted by Crippen LogP contribution is 2.17. The fraction of sp³-hybridized carbons (Fsp3) is 0.357. The molecule has 2 N–H and O–H groups in total. The second-order valence-electron chi connectivity index (χ2n) is 3.12. The molecule has 0 bridgehead atoms. The van der Waals surface area contributed by atoms with Crippen molar-refractivity contribution in [3.05, 3.63) is 36.0 Å². The molecule has 94 valence electrons. The third kappa shape index (κ3) is 4.72. The van der Waals surface area contributed by atoms with Crippen LogP contribution in [-0.4, -0.2) is 18.4 Å². The Labute approximate surface area is 103 Å². The first-order valence-corrected chi connectivity index (χ1v) is 5.99. The number of aromatic nitrogens is 1. The minimum atomic E-state index is 0.625. The molecule has 0 spiro atoms. The van der Waals surface area contributed by atoms with Gasteiger partial charge in [-0.15, -0.1) is 0 Å². The minimum absolute atomic E-state index is 0.625. The number of H-pyrrole nitrogens is 1. The summed E-state index contributed by atoms with van der Waals surface area (Å²) >= 11 is 0. The average molecular weight is 234 g/mol. The van der Waals surface area contributed by atoms with Crippen molar-refractivity contribution in [1.82, 2.24) is 10.3 Å². The topological polar surface area (TPSA) is 44.9 Å². The van der Waals surface area contributed by atoms with E-state index in [9.17, 15) is 0 Å². The van der Waals surface area contributed by atoms with E-state index in [1.54, 1.807) is 7.05 Å². The number of carbonyl (C=O) groups is 1. The Morgan fingerprint density at radius 1 is 1.29 bits per heavy atom. The number of aromatic amines is 1. The number of carbonyl (C=O) groups excluding carboxylic acids is 1. The van der Waals surface area contributed by atoms with E-state index in [0.717, 1.165) is 6.42 Å². The molecule has 1 aromatic heterocycles. The van der Waals surface area contributed by atoms with E-state index in [0.29, 0.717) is 6.41 Å². The lowest BCUT2D eigenvalue weighted by molar-refractivity contribution is -0.109. The van der Waals surface area contributed by atoms with Crippen LogP contribution in [0.15, 0.2) is 30.5 Å². The van der Waals surface area contributed by atoms with Gasteiger partial charge in [0.15, 0.2) is 0 Å². The largest absolute Gasteiger partial charge is 0.362 e. The summed E-state index contributed by atoms with van der Waals surface area (Å²) in [7, 11) is 1.56. The van der Waals surface area contributed by atoms with E-state index >= 15 is 0 Å². The second kappa shape index (κ2) is 9.46. The van der Waals surface area contributed by atoms with Crippen molar-refractivity contribution in [2.24, 2.45) is 0 Å².